The molecule has 1 amide bonds. The topological polar surface area (TPSA) is 123 Å². The Balaban J connectivity index is 1.80. The summed E-state index contributed by atoms with van der Waals surface area (Å²) in [5, 5.41) is 7.12. The van der Waals surface area contributed by atoms with Crippen LogP contribution in [-0.2, 0) is 11.3 Å². The van der Waals surface area contributed by atoms with Crippen molar-refractivity contribution in [3.63, 3.8) is 0 Å². The van der Waals surface area contributed by atoms with E-state index in [1.807, 2.05) is 0 Å². The summed E-state index contributed by atoms with van der Waals surface area (Å²) in [6, 6.07) is 10.4. The van der Waals surface area contributed by atoms with Gasteiger partial charge in [-0.1, -0.05) is 0 Å². The van der Waals surface area contributed by atoms with Gasteiger partial charge in [-0.2, -0.15) is 4.98 Å². The molecule has 3 rings (SSSR count). The summed E-state index contributed by atoms with van der Waals surface area (Å²) in [5.74, 6) is 2.19. The first-order chi connectivity index (χ1) is 14.5. The second-order valence-electron chi connectivity index (χ2n) is 6.14. The van der Waals surface area contributed by atoms with Crippen LogP contribution in [0.2, 0.25) is 0 Å². The maximum absolute atomic E-state index is 12.4. The molecule has 1 aromatic heterocycles. The molecule has 2 aromatic carbocycles. The maximum atomic E-state index is 12.4. The Bertz CT molecular complexity index is 1010. The lowest BCUT2D eigenvalue weighted by Crippen LogP contribution is -2.20. The predicted octanol–water partition coefficient (Wildman–Crippen LogP) is 2.20. The number of hydrogen-bond acceptors (Lipinski definition) is 8. The summed E-state index contributed by atoms with van der Waals surface area (Å²) in [5.41, 5.74) is 7.19. The number of ether oxygens (including phenoxy) is 4. The van der Waals surface area contributed by atoms with Gasteiger partial charge in [-0.25, -0.2) is 4.68 Å². The minimum absolute atomic E-state index is 0.101. The average Bonchev–Trinajstić information content (AvgIpc) is 3.13. The number of benzene rings is 2. The first-order valence-electron chi connectivity index (χ1n) is 8.93. The Kier molecular flexibility index (Phi) is 6.26. The van der Waals surface area contributed by atoms with E-state index >= 15 is 0 Å². The van der Waals surface area contributed by atoms with Crippen molar-refractivity contribution in [1.82, 2.24) is 14.8 Å². The number of nitrogens with zero attached hydrogens (tertiary/aromatic N) is 3. The standard InChI is InChI=1S/C20H23N5O5/c1-27-14-7-5-13(6-8-14)22-17(26)11-25-20(21)23-19(24-25)12-9-15(28-2)18(30-4)16(10-12)29-3/h5-10H,11H2,1-4H3,(H,22,26)(H2,21,23,24). The van der Waals surface area contributed by atoms with Crippen LogP contribution in [0, 0.1) is 0 Å². The second-order valence-corrected chi connectivity index (χ2v) is 6.14. The van der Waals surface area contributed by atoms with Crippen LogP contribution < -0.4 is 30.0 Å². The molecule has 0 unspecified atom stereocenters. The Morgan fingerprint density at radius 3 is 2.17 bits per heavy atom. The van der Waals surface area contributed by atoms with Crippen molar-refractivity contribution in [3.8, 4) is 34.4 Å². The van der Waals surface area contributed by atoms with E-state index in [4.69, 9.17) is 24.7 Å². The minimum Gasteiger partial charge on any atom is -0.497 e. The van der Waals surface area contributed by atoms with Crippen LogP contribution in [0.1, 0.15) is 0 Å². The predicted molar refractivity (Wildman–Crippen MR) is 111 cm³/mol. The fraction of sp³-hybridized carbons (Fsp3) is 0.250. The summed E-state index contributed by atoms with van der Waals surface area (Å²) < 4.78 is 22.4. The van der Waals surface area contributed by atoms with Crippen molar-refractivity contribution in [2.75, 3.05) is 39.5 Å². The number of nitrogens with one attached hydrogen (secondary N) is 1. The van der Waals surface area contributed by atoms with E-state index in [0.717, 1.165) is 0 Å². The highest BCUT2D eigenvalue weighted by Crippen LogP contribution is 2.40. The van der Waals surface area contributed by atoms with Gasteiger partial charge in [0.05, 0.1) is 28.4 Å². The van der Waals surface area contributed by atoms with E-state index in [-0.39, 0.29) is 18.4 Å². The number of nitrogen functional groups attached to an aromatic ring is 1. The van der Waals surface area contributed by atoms with Gasteiger partial charge in [-0.05, 0) is 36.4 Å². The molecule has 0 aliphatic heterocycles. The molecule has 0 fully saturated rings. The van der Waals surface area contributed by atoms with Crippen LogP contribution in [0.25, 0.3) is 11.4 Å². The molecular weight excluding hydrogens is 390 g/mol. The zero-order chi connectivity index (χ0) is 21.7. The molecule has 10 heteroatoms. The highest BCUT2D eigenvalue weighted by Gasteiger charge is 2.18. The molecule has 10 nitrogen and oxygen atoms in total. The smallest absolute Gasteiger partial charge is 0.246 e. The van der Waals surface area contributed by atoms with Crippen LogP contribution >= 0.6 is 0 Å². The third-order valence-corrected chi connectivity index (χ3v) is 4.29. The maximum Gasteiger partial charge on any atom is 0.246 e. The van der Waals surface area contributed by atoms with E-state index < -0.39 is 0 Å². The summed E-state index contributed by atoms with van der Waals surface area (Å²) in [6.45, 7) is -0.102. The third kappa shape index (κ3) is 4.37. The first-order valence-corrected chi connectivity index (χ1v) is 8.93. The molecule has 3 N–H and O–H groups in total. The van der Waals surface area contributed by atoms with Gasteiger partial charge in [-0.3, -0.25) is 4.79 Å². The fourth-order valence-electron chi connectivity index (χ4n) is 2.81. The van der Waals surface area contributed by atoms with E-state index in [9.17, 15) is 4.79 Å². The van der Waals surface area contributed by atoms with Crippen molar-refractivity contribution in [1.29, 1.82) is 0 Å². The monoisotopic (exact) mass is 413 g/mol. The normalized spacial score (nSPS) is 10.4. The van der Waals surface area contributed by atoms with Gasteiger partial charge >= 0.3 is 0 Å². The summed E-state index contributed by atoms with van der Waals surface area (Å²) in [6.07, 6.45) is 0. The number of anilines is 2. The molecule has 0 bridgehead atoms. The van der Waals surface area contributed by atoms with Crippen molar-refractivity contribution < 1.29 is 23.7 Å². The number of nitrogens with two attached hydrogens (primary N) is 1. The number of rotatable bonds is 8. The van der Waals surface area contributed by atoms with Crippen LogP contribution in [0.3, 0.4) is 0 Å². The molecule has 0 spiro atoms. The quantitative estimate of drug-likeness (QED) is 0.576. The fourth-order valence-corrected chi connectivity index (χ4v) is 2.81. The summed E-state index contributed by atoms with van der Waals surface area (Å²) in [4.78, 5) is 16.6. The van der Waals surface area contributed by atoms with Gasteiger partial charge in [-0.15, -0.1) is 5.10 Å². The molecule has 3 aromatic rings. The van der Waals surface area contributed by atoms with Gasteiger partial charge < -0.3 is 30.0 Å². The van der Waals surface area contributed by atoms with Crippen molar-refractivity contribution in [2.24, 2.45) is 0 Å². The van der Waals surface area contributed by atoms with Gasteiger partial charge in [0.1, 0.15) is 12.3 Å². The Hall–Kier alpha value is -3.95. The molecule has 0 saturated heterocycles. The zero-order valence-corrected chi connectivity index (χ0v) is 17.1. The minimum atomic E-state index is -0.298. The molecule has 0 saturated carbocycles. The van der Waals surface area contributed by atoms with Crippen LogP contribution in [0.5, 0.6) is 23.0 Å². The van der Waals surface area contributed by atoms with Gasteiger partial charge in [0.25, 0.3) is 0 Å². The van der Waals surface area contributed by atoms with Crippen LogP contribution in [-0.4, -0.2) is 49.1 Å². The van der Waals surface area contributed by atoms with Gasteiger partial charge in [0, 0.05) is 11.3 Å². The first kappa shape index (κ1) is 20.8. The lowest BCUT2D eigenvalue weighted by Gasteiger charge is -2.12. The number of aromatic nitrogens is 3. The molecule has 1 heterocycles. The SMILES string of the molecule is COc1ccc(NC(=O)Cn2nc(-c3cc(OC)c(OC)c(OC)c3)nc2N)cc1. The van der Waals surface area contributed by atoms with E-state index in [0.29, 0.717) is 40.1 Å². The Morgan fingerprint density at radius 2 is 1.63 bits per heavy atom. The van der Waals surface area contributed by atoms with Gasteiger partial charge in [0.2, 0.25) is 17.6 Å². The van der Waals surface area contributed by atoms with E-state index in [2.05, 4.69) is 15.4 Å². The number of carbonyl (C=O) groups is 1. The second kappa shape index (κ2) is 9.03. The number of carbonyl (C=O) groups excluding carboxylic acids is 1. The van der Waals surface area contributed by atoms with E-state index in [1.54, 1.807) is 43.5 Å². The molecule has 0 atom stereocenters. The zero-order valence-electron chi connectivity index (χ0n) is 17.1. The molecule has 0 aliphatic rings. The van der Waals surface area contributed by atoms with Crippen LogP contribution in [0.4, 0.5) is 11.6 Å². The average molecular weight is 413 g/mol. The number of hydrogen-bond donors (Lipinski definition) is 2. The molecule has 30 heavy (non-hydrogen) atoms. The van der Waals surface area contributed by atoms with Crippen molar-refractivity contribution in [3.05, 3.63) is 36.4 Å². The van der Waals surface area contributed by atoms with Gasteiger partial charge in [0.15, 0.2) is 17.3 Å². The molecule has 0 aliphatic carbocycles. The highest BCUT2D eigenvalue weighted by molar-refractivity contribution is 5.90. The Morgan fingerprint density at radius 1 is 1.00 bits per heavy atom. The molecule has 158 valence electrons. The van der Waals surface area contributed by atoms with Crippen molar-refractivity contribution >= 4 is 17.5 Å². The summed E-state index contributed by atoms with van der Waals surface area (Å²) in [7, 11) is 6.13. The molecular formula is C20H23N5O5. The number of amides is 1. The lowest BCUT2D eigenvalue weighted by molar-refractivity contribution is -0.116. The Labute approximate surface area is 173 Å². The third-order valence-electron chi connectivity index (χ3n) is 4.29. The molecule has 0 radical (unpaired) electrons. The van der Waals surface area contributed by atoms with E-state index in [1.165, 1.54) is 26.0 Å². The van der Waals surface area contributed by atoms with Crippen molar-refractivity contribution in [2.45, 2.75) is 6.54 Å². The number of methoxy groups -OCH3 is 4. The largest absolute Gasteiger partial charge is 0.497 e. The highest BCUT2D eigenvalue weighted by atomic mass is 16.5. The van der Waals surface area contributed by atoms with Crippen LogP contribution in [0.15, 0.2) is 36.4 Å². The summed E-state index contributed by atoms with van der Waals surface area (Å²) >= 11 is 0. The lowest BCUT2D eigenvalue weighted by atomic mass is 10.1.